The molecule has 3 rings (SSSR count). The smallest absolute Gasteiger partial charge is 0.142 e. The molecule has 5 nitrogen and oxygen atoms in total. The summed E-state index contributed by atoms with van der Waals surface area (Å²) in [5, 5.41) is 2.41. The fourth-order valence-corrected chi connectivity index (χ4v) is 3.19. The van der Waals surface area contributed by atoms with Gasteiger partial charge in [0.15, 0.2) is 0 Å². The Morgan fingerprint density at radius 2 is 1.07 bits per heavy atom. The van der Waals surface area contributed by atoms with Gasteiger partial charge in [-0.3, -0.25) is 9.80 Å². The number of rotatable bonds is 10. The number of benzene rings is 2. The molecule has 1 heterocycles. The summed E-state index contributed by atoms with van der Waals surface area (Å²) < 4.78 is 11.9. The molecule has 0 spiro atoms. The number of H-pyrrole nitrogens is 1. The SMILES string of the molecule is CCN(CC)COc1ccc2c(c1)[nH]c1cc(OCN(CC)CC)ccc12. The zero-order valence-electron chi connectivity index (χ0n) is 16.9. The molecular formula is C22H31N3O2. The highest BCUT2D eigenvalue weighted by Gasteiger charge is 2.08. The number of hydrogen-bond acceptors (Lipinski definition) is 4. The Bertz CT molecular complexity index is 796. The van der Waals surface area contributed by atoms with Gasteiger partial charge < -0.3 is 14.5 Å². The lowest BCUT2D eigenvalue weighted by molar-refractivity contribution is 0.137. The summed E-state index contributed by atoms with van der Waals surface area (Å²) in [6, 6.07) is 12.5. The Balaban J connectivity index is 1.78. The molecule has 1 aromatic heterocycles. The maximum Gasteiger partial charge on any atom is 0.142 e. The van der Waals surface area contributed by atoms with E-state index in [9.17, 15) is 0 Å². The molecule has 1 N–H and O–H groups in total. The van der Waals surface area contributed by atoms with Gasteiger partial charge in [-0.1, -0.05) is 27.7 Å². The Morgan fingerprint density at radius 1 is 0.667 bits per heavy atom. The summed E-state index contributed by atoms with van der Waals surface area (Å²) in [6.45, 7) is 13.8. The van der Waals surface area contributed by atoms with E-state index < -0.39 is 0 Å². The Hall–Kier alpha value is -2.24. The molecule has 0 radical (unpaired) electrons. The first-order chi connectivity index (χ1) is 13.2. The zero-order valence-corrected chi connectivity index (χ0v) is 16.9. The third kappa shape index (κ3) is 4.54. The summed E-state index contributed by atoms with van der Waals surface area (Å²) in [4.78, 5) is 7.99. The highest BCUT2D eigenvalue weighted by Crippen LogP contribution is 2.30. The van der Waals surface area contributed by atoms with Crippen molar-refractivity contribution in [2.45, 2.75) is 27.7 Å². The quantitative estimate of drug-likeness (QED) is 0.527. The number of nitrogens with zero attached hydrogens (tertiary/aromatic N) is 2. The summed E-state index contributed by atoms with van der Waals surface area (Å²) in [5.41, 5.74) is 2.17. The van der Waals surface area contributed by atoms with Crippen LogP contribution in [0.4, 0.5) is 0 Å². The number of ether oxygens (including phenoxy) is 2. The van der Waals surface area contributed by atoms with Gasteiger partial charge >= 0.3 is 0 Å². The number of hydrogen-bond donors (Lipinski definition) is 1. The van der Waals surface area contributed by atoms with Gasteiger partial charge in [0.2, 0.25) is 0 Å². The minimum Gasteiger partial charge on any atom is -0.478 e. The van der Waals surface area contributed by atoms with Gasteiger partial charge in [0, 0.05) is 22.9 Å². The minimum atomic E-state index is 0.613. The molecule has 0 aliphatic rings. The average molecular weight is 370 g/mol. The van der Waals surface area contributed by atoms with E-state index in [1.165, 1.54) is 10.8 Å². The van der Waals surface area contributed by atoms with Crippen molar-refractivity contribution in [1.29, 1.82) is 0 Å². The largest absolute Gasteiger partial charge is 0.478 e. The van der Waals surface area contributed by atoms with E-state index in [1.54, 1.807) is 0 Å². The van der Waals surface area contributed by atoms with Crippen molar-refractivity contribution < 1.29 is 9.47 Å². The van der Waals surface area contributed by atoms with Gasteiger partial charge in [0.1, 0.15) is 25.0 Å². The van der Waals surface area contributed by atoms with E-state index in [2.05, 4.69) is 66.7 Å². The standard InChI is InChI=1S/C22H31N3O2/c1-5-24(6-2)15-26-17-9-11-19-20-12-10-18(27-16-25(7-3)8-4)14-22(20)23-21(19)13-17/h9-14,23H,5-8,15-16H2,1-4H3. The molecule has 0 aliphatic carbocycles. The summed E-state index contributed by atoms with van der Waals surface area (Å²) in [5.74, 6) is 1.78. The lowest BCUT2D eigenvalue weighted by atomic mass is 10.1. The lowest BCUT2D eigenvalue weighted by Crippen LogP contribution is -2.27. The molecule has 0 bridgehead atoms. The average Bonchev–Trinajstić information content (AvgIpc) is 3.06. The van der Waals surface area contributed by atoms with E-state index in [0.29, 0.717) is 13.5 Å². The number of nitrogens with one attached hydrogen (secondary N) is 1. The fraction of sp³-hybridized carbons (Fsp3) is 0.455. The molecule has 27 heavy (non-hydrogen) atoms. The van der Waals surface area contributed by atoms with Crippen molar-refractivity contribution in [2.24, 2.45) is 0 Å². The predicted octanol–water partition coefficient (Wildman–Crippen LogP) is 4.68. The van der Waals surface area contributed by atoms with Gasteiger partial charge in [-0.15, -0.1) is 0 Å². The van der Waals surface area contributed by atoms with Crippen LogP contribution < -0.4 is 9.47 Å². The lowest BCUT2D eigenvalue weighted by Gasteiger charge is -2.18. The minimum absolute atomic E-state index is 0.613. The first-order valence-electron chi connectivity index (χ1n) is 9.94. The second kappa shape index (κ2) is 9.11. The topological polar surface area (TPSA) is 40.7 Å². The van der Waals surface area contributed by atoms with Crippen LogP contribution in [0.25, 0.3) is 21.8 Å². The number of aromatic amines is 1. The number of fused-ring (bicyclic) bond motifs is 3. The van der Waals surface area contributed by atoms with Crippen molar-refractivity contribution in [3.05, 3.63) is 36.4 Å². The maximum absolute atomic E-state index is 5.94. The normalized spacial score (nSPS) is 11.8. The van der Waals surface area contributed by atoms with Crippen LogP contribution >= 0.6 is 0 Å². The van der Waals surface area contributed by atoms with Crippen molar-refractivity contribution in [2.75, 3.05) is 39.6 Å². The van der Waals surface area contributed by atoms with E-state index in [0.717, 1.165) is 48.7 Å². The third-order valence-corrected chi connectivity index (χ3v) is 5.16. The van der Waals surface area contributed by atoms with Crippen LogP contribution in [0.5, 0.6) is 11.5 Å². The van der Waals surface area contributed by atoms with E-state index in [1.807, 2.05) is 12.1 Å². The molecule has 0 aliphatic heterocycles. The summed E-state index contributed by atoms with van der Waals surface area (Å²) in [6.07, 6.45) is 0. The van der Waals surface area contributed by atoms with Crippen LogP contribution in [0.1, 0.15) is 27.7 Å². The van der Waals surface area contributed by atoms with Crippen LogP contribution in [0.15, 0.2) is 36.4 Å². The molecule has 146 valence electrons. The Morgan fingerprint density at radius 3 is 1.44 bits per heavy atom. The van der Waals surface area contributed by atoms with Crippen molar-refractivity contribution in [3.8, 4) is 11.5 Å². The van der Waals surface area contributed by atoms with Gasteiger partial charge in [0.05, 0.1) is 11.0 Å². The highest BCUT2D eigenvalue weighted by molar-refractivity contribution is 6.07. The number of aromatic nitrogens is 1. The zero-order chi connectivity index (χ0) is 19.2. The predicted molar refractivity (Wildman–Crippen MR) is 113 cm³/mol. The summed E-state index contributed by atoms with van der Waals surface area (Å²) >= 11 is 0. The molecule has 0 atom stereocenters. The first-order valence-corrected chi connectivity index (χ1v) is 9.94. The Labute approximate surface area is 161 Å². The van der Waals surface area contributed by atoms with Gasteiger partial charge in [0.25, 0.3) is 0 Å². The van der Waals surface area contributed by atoms with Crippen molar-refractivity contribution in [1.82, 2.24) is 14.8 Å². The van der Waals surface area contributed by atoms with Crippen LogP contribution in [0.2, 0.25) is 0 Å². The van der Waals surface area contributed by atoms with Crippen molar-refractivity contribution in [3.63, 3.8) is 0 Å². The molecule has 5 heteroatoms. The van der Waals surface area contributed by atoms with Crippen LogP contribution in [-0.4, -0.2) is 54.4 Å². The Kier molecular flexibility index (Phi) is 6.58. The van der Waals surface area contributed by atoms with E-state index in [-0.39, 0.29) is 0 Å². The van der Waals surface area contributed by atoms with E-state index >= 15 is 0 Å². The second-order valence-corrected chi connectivity index (χ2v) is 6.69. The molecule has 0 saturated carbocycles. The molecular weight excluding hydrogens is 338 g/mol. The van der Waals surface area contributed by atoms with Gasteiger partial charge in [-0.05, 0) is 50.4 Å². The molecule has 0 fully saturated rings. The van der Waals surface area contributed by atoms with E-state index in [4.69, 9.17) is 9.47 Å². The monoisotopic (exact) mass is 369 g/mol. The molecule has 2 aromatic carbocycles. The van der Waals surface area contributed by atoms with Crippen LogP contribution in [0, 0.1) is 0 Å². The van der Waals surface area contributed by atoms with Crippen molar-refractivity contribution >= 4 is 21.8 Å². The third-order valence-electron chi connectivity index (χ3n) is 5.16. The molecule has 0 saturated heterocycles. The van der Waals surface area contributed by atoms with Crippen LogP contribution in [-0.2, 0) is 0 Å². The molecule has 3 aromatic rings. The first kappa shape index (κ1) is 19.5. The van der Waals surface area contributed by atoms with Gasteiger partial charge in [-0.25, -0.2) is 0 Å². The van der Waals surface area contributed by atoms with Gasteiger partial charge in [-0.2, -0.15) is 0 Å². The summed E-state index contributed by atoms with van der Waals surface area (Å²) in [7, 11) is 0. The van der Waals surface area contributed by atoms with Crippen LogP contribution in [0.3, 0.4) is 0 Å². The highest BCUT2D eigenvalue weighted by atomic mass is 16.5. The fourth-order valence-electron chi connectivity index (χ4n) is 3.19. The molecule has 0 unspecified atom stereocenters. The second-order valence-electron chi connectivity index (χ2n) is 6.69. The molecule has 0 amide bonds. The maximum atomic E-state index is 5.94.